The summed E-state index contributed by atoms with van der Waals surface area (Å²) in [7, 11) is 0. The van der Waals surface area contributed by atoms with Crippen LogP contribution in [0.4, 0.5) is 8.78 Å². The van der Waals surface area contributed by atoms with Crippen molar-refractivity contribution in [3.05, 3.63) is 35.4 Å². The molecule has 1 spiro atoms. The first kappa shape index (κ1) is 14.9. The molecule has 3 rings (SSSR count). The highest BCUT2D eigenvalue weighted by molar-refractivity contribution is 5.23. The van der Waals surface area contributed by atoms with Crippen molar-refractivity contribution in [2.45, 2.75) is 44.6 Å². The molecule has 1 saturated carbocycles. The minimum absolute atomic E-state index is 0.209. The maximum absolute atomic E-state index is 14.0. The number of rotatable bonds is 3. The van der Waals surface area contributed by atoms with E-state index in [2.05, 4.69) is 4.90 Å². The first-order valence-corrected chi connectivity index (χ1v) is 8.03. The van der Waals surface area contributed by atoms with Crippen LogP contribution in [0.15, 0.2) is 18.2 Å². The van der Waals surface area contributed by atoms with Crippen LogP contribution in [-0.2, 0) is 0 Å². The molecule has 4 heteroatoms. The maximum Gasteiger partial charge on any atom is 0.163 e. The summed E-state index contributed by atoms with van der Waals surface area (Å²) in [6.45, 7) is 2.21. The van der Waals surface area contributed by atoms with Gasteiger partial charge in [0.25, 0.3) is 0 Å². The second-order valence-electron chi connectivity index (χ2n) is 6.64. The molecule has 0 aromatic heterocycles. The lowest BCUT2D eigenvalue weighted by Gasteiger charge is -2.42. The summed E-state index contributed by atoms with van der Waals surface area (Å²) >= 11 is 0. The number of likely N-dealkylation sites (tertiary alicyclic amines) is 1. The Balaban J connectivity index is 1.74. The largest absolute Gasteiger partial charge is 0.329 e. The molecule has 1 atom stereocenters. The molecule has 1 aliphatic heterocycles. The number of hydrogen-bond donors (Lipinski definition) is 1. The molecule has 1 unspecified atom stereocenters. The van der Waals surface area contributed by atoms with Crippen molar-refractivity contribution >= 4 is 0 Å². The van der Waals surface area contributed by atoms with Crippen LogP contribution in [-0.4, -0.2) is 24.5 Å². The number of halogens is 2. The van der Waals surface area contributed by atoms with Gasteiger partial charge >= 0.3 is 0 Å². The highest BCUT2D eigenvalue weighted by atomic mass is 19.2. The molecular formula is C17H24F2N2. The van der Waals surface area contributed by atoms with E-state index in [1.54, 1.807) is 12.1 Å². The normalized spacial score (nSPS) is 23.6. The third kappa shape index (κ3) is 2.84. The second-order valence-corrected chi connectivity index (χ2v) is 6.64. The van der Waals surface area contributed by atoms with Gasteiger partial charge in [-0.05, 0) is 50.3 Å². The van der Waals surface area contributed by atoms with E-state index in [0.29, 0.717) is 17.5 Å². The molecule has 21 heavy (non-hydrogen) atoms. The molecule has 2 N–H and O–H groups in total. The van der Waals surface area contributed by atoms with Gasteiger partial charge in [0, 0.05) is 12.1 Å². The van der Waals surface area contributed by atoms with E-state index in [4.69, 9.17) is 5.73 Å². The lowest BCUT2D eigenvalue weighted by atomic mass is 9.76. The molecule has 1 saturated heterocycles. The SMILES string of the molecule is NCC(c1cccc(F)c1F)N1CCC2(CCCC2)CC1. The van der Waals surface area contributed by atoms with Gasteiger partial charge < -0.3 is 5.73 Å². The first-order valence-electron chi connectivity index (χ1n) is 8.03. The summed E-state index contributed by atoms with van der Waals surface area (Å²) < 4.78 is 27.5. The number of nitrogens with zero attached hydrogens (tertiary/aromatic N) is 1. The molecule has 0 radical (unpaired) electrons. The topological polar surface area (TPSA) is 29.3 Å². The van der Waals surface area contributed by atoms with Crippen LogP contribution in [0.5, 0.6) is 0 Å². The van der Waals surface area contributed by atoms with Crippen molar-refractivity contribution in [3.63, 3.8) is 0 Å². The third-order valence-corrected chi connectivity index (χ3v) is 5.53. The van der Waals surface area contributed by atoms with Crippen LogP contribution in [0, 0.1) is 17.0 Å². The predicted molar refractivity (Wildman–Crippen MR) is 79.9 cm³/mol. The van der Waals surface area contributed by atoms with Gasteiger partial charge in [-0.1, -0.05) is 25.0 Å². The summed E-state index contributed by atoms with van der Waals surface area (Å²) in [4.78, 5) is 2.24. The van der Waals surface area contributed by atoms with Crippen LogP contribution in [0.3, 0.4) is 0 Å². The summed E-state index contributed by atoms with van der Waals surface area (Å²) in [5.74, 6) is -1.52. The molecule has 2 aliphatic rings. The van der Waals surface area contributed by atoms with Crippen molar-refractivity contribution in [2.75, 3.05) is 19.6 Å². The fraction of sp³-hybridized carbons (Fsp3) is 0.647. The quantitative estimate of drug-likeness (QED) is 0.922. The Morgan fingerprint density at radius 2 is 1.76 bits per heavy atom. The number of nitrogens with two attached hydrogens (primary N) is 1. The van der Waals surface area contributed by atoms with Crippen LogP contribution in [0.1, 0.15) is 50.1 Å². The lowest BCUT2D eigenvalue weighted by Crippen LogP contribution is -2.43. The molecule has 0 bridgehead atoms. The monoisotopic (exact) mass is 294 g/mol. The van der Waals surface area contributed by atoms with Gasteiger partial charge in [0.2, 0.25) is 0 Å². The Labute approximate surface area is 125 Å². The molecular weight excluding hydrogens is 270 g/mol. The first-order chi connectivity index (χ1) is 10.2. The molecule has 1 aliphatic carbocycles. The van der Waals surface area contributed by atoms with Crippen molar-refractivity contribution in [2.24, 2.45) is 11.1 Å². The van der Waals surface area contributed by atoms with E-state index in [-0.39, 0.29) is 6.04 Å². The second kappa shape index (κ2) is 6.01. The van der Waals surface area contributed by atoms with Crippen molar-refractivity contribution in [1.82, 2.24) is 4.90 Å². The average Bonchev–Trinajstić information content (AvgIpc) is 2.94. The fourth-order valence-corrected chi connectivity index (χ4v) is 4.19. The third-order valence-electron chi connectivity index (χ3n) is 5.53. The van der Waals surface area contributed by atoms with Gasteiger partial charge in [0.15, 0.2) is 11.6 Å². The smallest absolute Gasteiger partial charge is 0.163 e. The Morgan fingerprint density at radius 1 is 1.10 bits per heavy atom. The van der Waals surface area contributed by atoms with Crippen molar-refractivity contribution in [3.8, 4) is 0 Å². The lowest BCUT2D eigenvalue weighted by molar-refractivity contribution is 0.0766. The van der Waals surface area contributed by atoms with Crippen LogP contribution in [0.2, 0.25) is 0 Å². The van der Waals surface area contributed by atoms with E-state index in [9.17, 15) is 8.78 Å². The molecule has 116 valence electrons. The van der Waals surface area contributed by atoms with Crippen LogP contribution >= 0.6 is 0 Å². The van der Waals surface area contributed by atoms with Crippen molar-refractivity contribution < 1.29 is 8.78 Å². The van der Waals surface area contributed by atoms with E-state index >= 15 is 0 Å². The Morgan fingerprint density at radius 3 is 2.38 bits per heavy atom. The average molecular weight is 294 g/mol. The number of piperidine rings is 1. The van der Waals surface area contributed by atoms with E-state index in [1.165, 1.54) is 38.5 Å². The predicted octanol–water partition coefficient (Wildman–Crippen LogP) is 3.62. The maximum atomic E-state index is 14.0. The summed E-state index contributed by atoms with van der Waals surface area (Å²) in [5, 5.41) is 0. The van der Waals surface area contributed by atoms with Gasteiger partial charge in [0.05, 0.1) is 6.04 Å². The molecule has 2 nitrogen and oxygen atoms in total. The van der Waals surface area contributed by atoms with E-state index < -0.39 is 11.6 Å². The summed E-state index contributed by atoms with van der Waals surface area (Å²) in [6.07, 6.45) is 7.70. The zero-order valence-electron chi connectivity index (χ0n) is 12.5. The number of benzene rings is 1. The molecule has 1 aromatic rings. The zero-order chi connectivity index (χ0) is 14.9. The van der Waals surface area contributed by atoms with Gasteiger partial charge in [-0.2, -0.15) is 0 Å². The minimum Gasteiger partial charge on any atom is -0.329 e. The standard InChI is InChI=1S/C17H24F2N2/c18-14-5-3-4-13(16(14)19)15(12-20)21-10-8-17(9-11-21)6-1-2-7-17/h3-5,15H,1-2,6-12,20H2. The Bertz CT molecular complexity index is 488. The van der Waals surface area contributed by atoms with E-state index in [1.807, 2.05) is 0 Å². The summed E-state index contributed by atoms with van der Waals surface area (Å²) in [5.41, 5.74) is 6.80. The van der Waals surface area contributed by atoms with Gasteiger partial charge in [-0.3, -0.25) is 4.90 Å². The van der Waals surface area contributed by atoms with Gasteiger partial charge in [0.1, 0.15) is 0 Å². The zero-order valence-corrected chi connectivity index (χ0v) is 12.5. The van der Waals surface area contributed by atoms with Crippen LogP contribution < -0.4 is 5.73 Å². The van der Waals surface area contributed by atoms with E-state index in [0.717, 1.165) is 19.2 Å². The van der Waals surface area contributed by atoms with Crippen molar-refractivity contribution in [1.29, 1.82) is 0 Å². The Hall–Kier alpha value is -1.00. The molecule has 2 fully saturated rings. The minimum atomic E-state index is -0.782. The Kier molecular flexibility index (Phi) is 4.27. The molecule has 1 heterocycles. The van der Waals surface area contributed by atoms with Crippen LogP contribution in [0.25, 0.3) is 0 Å². The number of hydrogen-bond acceptors (Lipinski definition) is 2. The summed E-state index contributed by atoms with van der Waals surface area (Å²) in [6, 6.07) is 4.18. The fourth-order valence-electron chi connectivity index (χ4n) is 4.19. The highest BCUT2D eigenvalue weighted by Crippen LogP contribution is 2.47. The van der Waals surface area contributed by atoms with Gasteiger partial charge in [-0.25, -0.2) is 8.78 Å². The molecule has 0 amide bonds. The highest BCUT2D eigenvalue weighted by Gasteiger charge is 2.38. The molecule has 1 aromatic carbocycles. The van der Waals surface area contributed by atoms with Gasteiger partial charge in [-0.15, -0.1) is 0 Å².